The number of nitrogens with one attached hydrogen (secondary N) is 1. The van der Waals surface area contributed by atoms with Gasteiger partial charge in [-0.3, -0.25) is 14.5 Å². The fourth-order valence-electron chi connectivity index (χ4n) is 2.68. The number of Topliss-reactive ketones (excluding diaryl/α,β-unsaturated/α-hetero) is 1. The van der Waals surface area contributed by atoms with Crippen LogP contribution in [-0.4, -0.2) is 32.2 Å². The van der Waals surface area contributed by atoms with E-state index in [0.29, 0.717) is 5.56 Å². The number of ketones is 1. The van der Waals surface area contributed by atoms with Gasteiger partial charge < -0.3 is 9.47 Å². The van der Waals surface area contributed by atoms with E-state index in [1.165, 1.54) is 36.4 Å². The van der Waals surface area contributed by atoms with Crippen LogP contribution in [0, 0.1) is 6.92 Å². The van der Waals surface area contributed by atoms with E-state index in [-0.39, 0.29) is 38.8 Å². The van der Waals surface area contributed by atoms with E-state index in [0.717, 1.165) is 17.3 Å². The van der Waals surface area contributed by atoms with Crippen molar-refractivity contribution >= 4 is 38.8 Å². The summed E-state index contributed by atoms with van der Waals surface area (Å²) in [5.74, 6) is -0.601. The second-order valence-corrected chi connectivity index (χ2v) is 9.16. The Balaban J connectivity index is 1.54. The SMILES string of the molecule is Cc1ccc(S(=O)(=O)NC2=NCC(=O)/C(=C/c3ccc4c(c3)OC(F)(F)O4)S2)cc1. The van der Waals surface area contributed by atoms with Crippen LogP contribution in [0.2, 0.25) is 0 Å². The molecular weight excluding hydrogens is 438 g/mol. The molecule has 2 aromatic rings. The number of sulfonamides is 1. The quantitative estimate of drug-likeness (QED) is 0.719. The molecule has 0 bridgehead atoms. The fraction of sp³-hybridized carbons (Fsp3) is 0.158. The molecule has 2 aliphatic heterocycles. The molecule has 2 aromatic carbocycles. The molecule has 0 aromatic heterocycles. The van der Waals surface area contributed by atoms with E-state index >= 15 is 0 Å². The Bertz CT molecular complexity index is 1190. The van der Waals surface area contributed by atoms with Gasteiger partial charge in [0.05, 0.1) is 9.80 Å². The number of hydrogen-bond acceptors (Lipinski definition) is 7. The Hall–Kier alpha value is -2.92. The summed E-state index contributed by atoms with van der Waals surface area (Å²) in [6, 6.07) is 10.4. The van der Waals surface area contributed by atoms with Crippen molar-refractivity contribution in [1.82, 2.24) is 4.72 Å². The number of carbonyl (C=O) groups excluding carboxylic acids is 1. The number of benzene rings is 2. The standard InChI is InChI=1S/C19H14F2N2O5S2/c1-11-2-5-13(6-3-11)30(25,26)23-18-22-10-14(24)17(29-18)9-12-4-7-15-16(8-12)28-19(20,21)27-15/h2-9H,10H2,1H3,(H,22,23)/b17-9-. The van der Waals surface area contributed by atoms with Crippen molar-refractivity contribution in [2.24, 2.45) is 4.99 Å². The maximum absolute atomic E-state index is 13.2. The summed E-state index contributed by atoms with van der Waals surface area (Å²) in [5, 5.41) is 0.0358. The first-order chi connectivity index (χ1) is 14.1. The van der Waals surface area contributed by atoms with Crippen molar-refractivity contribution in [2.45, 2.75) is 18.1 Å². The van der Waals surface area contributed by atoms with Crippen molar-refractivity contribution in [3.63, 3.8) is 0 Å². The smallest absolute Gasteiger partial charge is 0.395 e. The number of aryl methyl sites for hydroxylation is 1. The zero-order valence-electron chi connectivity index (χ0n) is 15.4. The van der Waals surface area contributed by atoms with Gasteiger partial charge in [0.25, 0.3) is 10.0 Å². The summed E-state index contributed by atoms with van der Waals surface area (Å²) >= 11 is 0.843. The molecule has 1 N–H and O–H groups in total. The number of halogens is 2. The number of amidine groups is 1. The maximum Gasteiger partial charge on any atom is 0.586 e. The van der Waals surface area contributed by atoms with Gasteiger partial charge in [-0.2, -0.15) is 0 Å². The summed E-state index contributed by atoms with van der Waals surface area (Å²) in [6.45, 7) is 1.60. The monoisotopic (exact) mass is 452 g/mol. The number of ether oxygens (including phenoxy) is 2. The average Bonchev–Trinajstić information content (AvgIpc) is 2.97. The van der Waals surface area contributed by atoms with Crippen molar-refractivity contribution in [1.29, 1.82) is 0 Å². The second-order valence-electron chi connectivity index (χ2n) is 6.45. The summed E-state index contributed by atoms with van der Waals surface area (Å²) in [6.07, 6.45) is -2.29. The van der Waals surface area contributed by atoms with E-state index in [1.54, 1.807) is 12.1 Å². The summed E-state index contributed by atoms with van der Waals surface area (Å²) in [4.78, 5) is 16.4. The first-order valence-corrected chi connectivity index (χ1v) is 10.9. The van der Waals surface area contributed by atoms with E-state index in [1.807, 2.05) is 6.92 Å². The van der Waals surface area contributed by atoms with Crippen molar-refractivity contribution in [3.8, 4) is 11.5 Å². The molecule has 0 unspecified atom stereocenters. The van der Waals surface area contributed by atoms with Crippen LogP contribution in [0.15, 0.2) is 57.3 Å². The Morgan fingerprint density at radius 1 is 1.13 bits per heavy atom. The molecule has 0 spiro atoms. The molecule has 0 aliphatic carbocycles. The molecule has 0 fully saturated rings. The van der Waals surface area contributed by atoms with Gasteiger partial charge in [0, 0.05) is 0 Å². The van der Waals surface area contributed by atoms with Crippen LogP contribution >= 0.6 is 11.8 Å². The Morgan fingerprint density at radius 3 is 2.57 bits per heavy atom. The number of nitrogens with zero attached hydrogens (tertiary/aromatic N) is 1. The van der Waals surface area contributed by atoms with Crippen LogP contribution in [0.1, 0.15) is 11.1 Å². The molecule has 30 heavy (non-hydrogen) atoms. The number of fused-ring (bicyclic) bond motifs is 1. The molecule has 7 nitrogen and oxygen atoms in total. The van der Waals surface area contributed by atoms with E-state index in [9.17, 15) is 22.0 Å². The number of hydrogen-bond donors (Lipinski definition) is 1. The number of rotatable bonds is 3. The fourth-order valence-corrected chi connectivity index (χ4v) is 4.79. The summed E-state index contributed by atoms with van der Waals surface area (Å²) in [7, 11) is -3.87. The van der Waals surface area contributed by atoms with Crippen LogP contribution in [-0.2, 0) is 14.8 Å². The van der Waals surface area contributed by atoms with Gasteiger partial charge in [-0.1, -0.05) is 23.8 Å². The largest absolute Gasteiger partial charge is 0.586 e. The molecule has 0 atom stereocenters. The molecular formula is C19H14F2N2O5S2. The normalized spacial score (nSPS) is 19.0. The first kappa shape index (κ1) is 20.4. The predicted molar refractivity (Wildman–Crippen MR) is 107 cm³/mol. The van der Waals surface area contributed by atoms with Crippen LogP contribution in [0.5, 0.6) is 11.5 Å². The Labute approximate surface area is 174 Å². The molecule has 0 saturated carbocycles. The van der Waals surface area contributed by atoms with E-state index in [2.05, 4.69) is 19.2 Å². The molecule has 0 saturated heterocycles. The highest BCUT2D eigenvalue weighted by Gasteiger charge is 2.43. The molecule has 4 rings (SSSR count). The van der Waals surface area contributed by atoms with Crippen molar-refractivity contribution < 1.29 is 31.5 Å². The van der Waals surface area contributed by atoms with Crippen LogP contribution in [0.25, 0.3) is 6.08 Å². The third-order valence-corrected chi connectivity index (χ3v) is 6.60. The van der Waals surface area contributed by atoms with Crippen LogP contribution in [0.4, 0.5) is 8.78 Å². The highest BCUT2D eigenvalue weighted by molar-refractivity contribution is 8.19. The predicted octanol–water partition coefficient (Wildman–Crippen LogP) is 3.31. The van der Waals surface area contributed by atoms with E-state index < -0.39 is 16.3 Å². The third-order valence-electron chi connectivity index (χ3n) is 4.12. The van der Waals surface area contributed by atoms with Gasteiger partial charge in [-0.15, -0.1) is 8.78 Å². The van der Waals surface area contributed by atoms with Gasteiger partial charge in [-0.25, -0.2) is 8.42 Å². The van der Waals surface area contributed by atoms with Gasteiger partial charge in [-0.05, 0) is 54.6 Å². The van der Waals surface area contributed by atoms with Crippen LogP contribution < -0.4 is 14.2 Å². The first-order valence-electron chi connectivity index (χ1n) is 8.58. The summed E-state index contributed by atoms with van der Waals surface area (Å²) in [5.41, 5.74) is 1.32. The van der Waals surface area contributed by atoms with Gasteiger partial charge in [0.2, 0.25) is 0 Å². The topological polar surface area (TPSA) is 94.1 Å². The molecule has 0 radical (unpaired) electrons. The zero-order chi connectivity index (χ0) is 21.5. The second kappa shape index (κ2) is 7.40. The minimum Gasteiger partial charge on any atom is -0.395 e. The average molecular weight is 452 g/mol. The molecule has 0 amide bonds. The van der Waals surface area contributed by atoms with Gasteiger partial charge in [0.1, 0.15) is 6.54 Å². The molecule has 11 heteroatoms. The highest BCUT2D eigenvalue weighted by Crippen LogP contribution is 2.41. The molecule has 2 heterocycles. The van der Waals surface area contributed by atoms with Crippen molar-refractivity contribution in [3.05, 3.63) is 58.5 Å². The Kier molecular flexibility index (Phi) is 5.02. The zero-order valence-corrected chi connectivity index (χ0v) is 17.0. The highest BCUT2D eigenvalue weighted by atomic mass is 32.2. The number of thioether (sulfide) groups is 1. The van der Waals surface area contributed by atoms with Gasteiger partial charge >= 0.3 is 6.29 Å². The van der Waals surface area contributed by atoms with Crippen molar-refractivity contribution in [2.75, 3.05) is 6.54 Å². The van der Waals surface area contributed by atoms with E-state index in [4.69, 9.17) is 0 Å². The minimum atomic E-state index is -3.87. The lowest BCUT2D eigenvalue weighted by Gasteiger charge is -2.15. The minimum absolute atomic E-state index is 0.0358. The van der Waals surface area contributed by atoms with Gasteiger partial charge in [0.15, 0.2) is 22.4 Å². The maximum atomic E-state index is 13.2. The summed E-state index contributed by atoms with van der Waals surface area (Å²) < 4.78 is 62.5. The lowest BCUT2D eigenvalue weighted by molar-refractivity contribution is -0.286. The van der Waals surface area contributed by atoms with Crippen LogP contribution in [0.3, 0.4) is 0 Å². The molecule has 156 valence electrons. The third kappa shape index (κ3) is 4.31. The Morgan fingerprint density at radius 2 is 1.83 bits per heavy atom. The number of aliphatic imine (C=N–C) groups is 1. The number of carbonyl (C=O) groups is 1. The lowest BCUT2D eigenvalue weighted by Crippen LogP contribution is -2.31. The number of alkyl halides is 2. The lowest BCUT2D eigenvalue weighted by atomic mass is 10.1. The molecule has 2 aliphatic rings.